The van der Waals surface area contributed by atoms with Crippen LogP contribution in [-0.2, 0) is 9.53 Å². The van der Waals surface area contributed by atoms with Crippen molar-refractivity contribution in [1.82, 2.24) is 0 Å². The quantitative estimate of drug-likeness (QED) is 0.304. The third-order valence-electron chi connectivity index (χ3n) is 2.66. The van der Waals surface area contributed by atoms with Gasteiger partial charge >= 0.3 is 5.97 Å². The molecule has 0 amide bonds. The molecular weight excluding hydrogens is 350 g/mol. The highest BCUT2D eigenvalue weighted by Gasteiger charge is 2.20. The molecule has 1 aromatic rings. The van der Waals surface area contributed by atoms with E-state index in [1.807, 2.05) is 6.07 Å². The summed E-state index contributed by atoms with van der Waals surface area (Å²) in [6.45, 7) is 7.79. The van der Waals surface area contributed by atoms with Crippen molar-refractivity contribution in [3.05, 3.63) is 34.8 Å². The Kier molecular flexibility index (Phi) is 7.64. The predicted octanol–water partition coefficient (Wildman–Crippen LogP) is 3.61. The van der Waals surface area contributed by atoms with Crippen molar-refractivity contribution in [3.63, 3.8) is 0 Å². The molecule has 0 heterocycles. The van der Waals surface area contributed by atoms with Crippen LogP contribution in [0.15, 0.2) is 29.3 Å². The van der Waals surface area contributed by atoms with Gasteiger partial charge in [0.05, 0.1) is 29.3 Å². The SMILES string of the molecule is C=CCCOC(C)C(=O)Oc1c(Br)cc(C#N)cc1OCC. The third kappa shape index (κ3) is 5.17. The highest BCUT2D eigenvalue weighted by Crippen LogP contribution is 2.37. The second-order valence-corrected chi connectivity index (χ2v) is 5.20. The van der Waals surface area contributed by atoms with Crippen molar-refractivity contribution in [2.24, 2.45) is 0 Å². The first kappa shape index (κ1) is 18.2. The number of esters is 1. The molecule has 1 rings (SSSR count). The van der Waals surface area contributed by atoms with Gasteiger partial charge in [-0.2, -0.15) is 5.26 Å². The maximum Gasteiger partial charge on any atom is 0.340 e. The number of hydrogen-bond donors (Lipinski definition) is 0. The molecule has 0 saturated heterocycles. The van der Waals surface area contributed by atoms with Gasteiger partial charge in [0, 0.05) is 6.07 Å². The minimum atomic E-state index is -0.711. The molecule has 1 atom stereocenters. The number of halogens is 1. The fourth-order valence-electron chi connectivity index (χ4n) is 1.57. The summed E-state index contributed by atoms with van der Waals surface area (Å²) >= 11 is 3.29. The van der Waals surface area contributed by atoms with Crippen LogP contribution in [0.25, 0.3) is 0 Å². The van der Waals surface area contributed by atoms with Gasteiger partial charge in [0.25, 0.3) is 0 Å². The van der Waals surface area contributed by atoms with Gasteiger partial charge in [0.1, 0.15) is 0 Å². The second-order valence-electron chi connectivity index (χ2n) is 4.34. The summed E-state index contributed by atoms with van der Waals surface area (Å²) < 4.78 is 16.6. The molecule has 0 radical (unpaired) electrons. The molecule has 1 aromatic carbocycles. The minimum Gasteiger partial charge on any atom is -0.490 e. The summed E-state index contributed by atoms with van der Waals surface area (Å²) in [6, 6.07) is 5.11. The molecule has 0 aliphatic rings. The van der Waals surface area contributed by atoms with E-state index in [2.05, 4.69) is 22.5 Å². The zero-order valence-electron chi connectivity index (χ0n) is 12.6. The molecule has 0 N–H and O–H groups in total. The summed E-state index contributed by atoms with van der Waals surface area (Å²) in [5, 5.41) is 8.97. The minimum absolute atomic E-state index is 0.241. The van der Waals surface area contributed by atoms with E-state index < -0.39 is 12.1 Å². The molecule has 0 aliphatic heterocycles. The molecule has 5 nitrogen and oxygen atoms in total. The smallest absolute Gasteiger partial charge is 0.340 e. The monoisotopic (exact) mass is 367 g/mol. The highest BCUT2D eigenvalue weighted by molar-refractivity contribution is 9.10. The summed E-state index contributed by atoms with van der Waals surface area (Å²) in [5.74, 6) is 0.0421. The van der Waals surface area contributed by atoms with Crippen LogP contribution in [-0.4, -0.2) is 25.3 Å². The van der Waals surface area contributed by atoms with Crippen LogP contribution in [0.5, 0.6) is 11.5 Å². The summed E-state index contributed by atoms with van der Waals surface area (Å²) in [7, 11) is 0. The van der Waals surface area contributed by atoms with Gasteiger partial charge in [0.15, 0.2) is 17.6 Å². The molecule has 6 heteroatoms. The number of hydrogen-bond acceptors (Lipinski definition) is 5. The number of rotatable bonds is 8. The van der Waals surface area contributed by atoms with Gasteiger partial charge in [0.2, 0.25) is 0 Å². The number of nitriles is 1. The second kappa shape index (κ2) is 9.23. The van der Waals surface area contributed by atoms with E-state index in [0.717, 1.165) is 0 Å². The van der Waals surface area contributed by atoms with E-state index in [0.29, 0.717) is 35.4 Å². The molecule has 118 valence electrons. The van der Waals surface area contributed by atoms with Crippen molar-refractivity contribution in [2.75, 3.05) is 13.2 Å². The van der Waals surface area contributed by atoms with Crippen LogP contribution < -0.4 is 9.47 Å². The Morgan fingerprint density at radius 1 is 1.55 bits per heavy atom. The van der Waals surface area contributed by atoms with Crippen LogP contribution in [0.4, 0.5) is 0 Å². The summed E-state index contributed by atoms with van der Waals surface area (Å²) in [5.41, 5.74) is 0.408. The summed E-state index contributed by atoms with van der Waals surface area (Å²) in [4.78, 5) is 12.1. The number of ether oxygens (including phenoxy) is 3. The van der Waals surface area contributed by atoms with Gasteiger partial charge in [-0.25, -0.2) is 4.79 Å². The molecule has 0 saturated carbocycles. The van der Waals surface area contributed by atoms with Crippen molar-refractivity contribution in [2.45, 2.75) is 26.4 Å². The molecule has 0 fully saturated rings. The van der Waals surface area contributed by atoms with E-state index in [4.69, 9.17) is 19.5 Å². The average molecular weight is 368 g/mol. The van der Waals surface area contributed by atoms with E-state index in [1.165, 1.54) is 6.07 Å². The topological polar surface area (TPSA) is 68.5 Å². The highest BCUT2D eigenvalue weighted by atomic mass is 79.9. The Bertz CT molecular complexity index is 580. The summed E-state index contributed by atoms with van der Waals surface area (Å²) in [6.07, 6.45) is 1.65. The molecule has 1 unspecified atom stereocenters. The Hall–Kier alpha value is -1.84. The van der Waals surface area contributed by atoms with Gasteiger partial charge in [-0.15, -0.1) is 6.58 Å². The Balaban J connectivity index is 2.89. The first-order valence-electron chi connectivity index (χ1n) is 6.84. The Labute approximate surface area is 138 Å². The van der Waals surface area contributed by atoms with Crippen LogP contribution in [0.1, 0.15) is 25.8 Å². The van der Waals surface area contributed by atoms with Crippen molar-refractivity contribution in [1.29, 1.82) is 5.26 Å². The average Bonchev–Trinajstić information content (AvgIpc) is 2.50. The molecule has 0 aliphatic carbocycles. The molecular formula is C16H18BrNO4. The third-order valence-corrected chi connectivity index (χ3v) is 3.25. The number of benzene rings is 1. The number of carbonyl (C=O) groups is 1. The van der Waals surface area contributed by atoms with Gasteiger partial charge in [-0.05, 0) is 42.3 Å². The number of carbonyl (C=O) groups excluding carboxylic acids is 1. The van der Waals surface area contributed by atoms with Crippen LogP contribution in [0.3, 0.4) is 0 Å². The lowest BCUT2D eigenvalue weighted by Gasteiger charge is -2.15. The van der Waals surface area contributed by atoms with E-state index in [9.17, 15) is 4.79 Å². The van der Waals surface area contributed by atoms with Gasteiger partial charge in [-0.1, -0.05) is 6.08 Å². The Morgan fingerprint density at radius 3 is 2.86 bits per heavy atom. The predicted molar refractivity (Wildman–Crippen MR) is 85.9 cm³/mol. The van der Waals surface area contributed by atoms with E-state index >= 15 is 0 Å². The lowest BCUT2D eigenvalue weighted by molar-refractivity contribution is -0.146. The Morgan fingerprint density at radius 2 is 2.27 bits per heavy atom. The van der Waals surface area contributed by atoms with Gasteiger partial charge in [-0.3, -0.25) is 0 Å². The largest absolute Gasteiger partial charge is 0.490 e. The van der Waals surface area contributed by atoms with Crippen LogP contribution in [0.2, 0.25) is 0 Å². The zero-order chi connectivity index (χ0) is 16.5. The standard InChI is InChI=1S/C16H18BrNO4/c1-4-6-7-21-11(3)16(19)22-15-13(17)8-12(10-18)9-14(15)20-5-2/h4,8-9,11H,1,5-7H2,2-3H3. The molecule has 0 spiro atoms. The lowest BCUT2D eigenvalue weighted by atomic mass is 10.2. The molecule has 0 bridgehead atoms. The molecule has 22 heavy (non-hydrogen) atoms. The van der Waals surface area contributed by atoms with Crippen LogP contribution in [0, 0.1) is 11.3 Å². The fraction of sp³-hybridized carbons (Fsp3) is 0.375. The first-order valence-corrected chi connectivity index (χ1v) is 7.63. The van der Waals surface area contributed by atoms with Crippen molar-refractivity contribution < 1.29 is 19.0 Å². The first-order chi connectivity index (χ1) is 10.5. The molecule has 0 aromatic heterocycles. The lowest BCUT2D eigenvalue weighted by Crippen LogP contribution is -2.26. The van der Waals surface area contributed by atoms with Crippen molar-refractivity contribution in [3.8, 4) is 17.6 Å². The maximum absolute atomic E-state index is 12.1. The zero-order valence-corrected chi connectivity index (χ0v) is 14.2. The number of nitrogens with zero attached hydrogens (tertiary/aromatic N) is 1. The van der Waals surface area contributed by atoms with E-state index in [-0.39, 0.29) is 5.75 Å². The normalized spacial score (nSPS) is 11.4. The maximum atomic E-state index is 12.1. The van der Waals surface area contributed by atoms with E-state index in [1.54, 1.807) is 26.0 Å². The fourth-order valence-corrected chi connectivity index (χ4v) is 2.10. The van der Waals surface area contributed by atoms with Crippen molar-refractivity contribution >= 4 is 21.9 Å². The van der Waals surface area contributed by atoms with Gasteiger partial charge < -0.3 is 14.2 Å². The van der Waals surface area contributed by atoms with Crippen LogP contribution >= 0.6 is 15.9 Å².